The van der Waals surface area contributed by atoms with Crippen LogP contribution in [0.3, 0.4) is 0 Å². The van der Waals surface area contributed by atoms with Gasteiger partial charge in [-0.15, -0.1) is 12.8 Å². The fourth-order valence-corrected chi connectivity index (χ4v) is 1.92. The van der Waals surface area contributed by atoms with Gasteiger partial charge in [0.1, 0.15) is 0 Å². The molecular weight excluding hydrogens is 672 g/mol. The minimum atomic E-state index is 0. The SMILES string of the molecule is II.N=C(N)N1CC=C(C[CH-]N)C1.N[CH-]CC1=CCNC1.[Y].[Y]. The molecule has 2 aliphatic heterocycles. The number of nitrogens with zero attached hydrogens (tertiary/aromatic N) is 1. The van der Waals surface area contributed by atoms with Gasteiger partial charge in [-0.3, -0.25) is 18.5 Å². The van der Waals surface area contributed by atoms with E-state index in [1.165, 1.54) is 11.1 Å². The molecule has 0 spiro atoms. The van der Waals surface area contributed by atoms with Gasteiger partial charge in [0, 0.05) is 129 Å². The van der Waals surface area contributed by atoms with Crippen LogP contribution in [0.1, 0.15) is 12.8 Å². The summed E-state index contributed by atoms with van der Waals surface area (Å²) in [6.45, 7) is 6.85. The number of halogens is 2. The zero-order valence-electron chi connectivity index (χ0n) is 13.1. The van der Waals surface area contributed by atoms with Crippen molar-refractivity contribution >= 4 is 43.2 Å². The summed E-state index contributed by atoms with van der Waals surface area (Å²) in [5.74, 6) is 0.133. The summed E-state index contributed by atoms with van der Waals surface area (Å²) in [6, 6.07) is 0. The summed E-state index contributed by atoms with van der Waals surface area (Å²) in [6.07, 6.45) is 5.98. The van der Waals surface area contributed by atoms with Crippen LogP contribution in [-0.4, -0.2) is 37.0 Å². The third kappa shape index (κ3) is 15.1. The molecule has 0 saturated heterocycles. The number of guanidine groups is 1. The van der Waals surface area contributed by atoms with Crippen molar-refractivity contribution < 1.29 is 65.4 Å². The molecule has 0 aliphatic carbocycles. The Labute approximate surface area is 213 Å². The van der Waals surface area contributed by atoms with Gasteiger partial charge in [-0.2, -0.15) is 0 Å². The van der Waals surface area contributed by atoms with Crippen molar-refractivity contribution in [3.63, 3.8) is 0 Å². The topological polar surface area (TPSA) is 117 Å². The second-order valence-electron chi connectivity index (χ2n) is 4.50. The molecule has 2 rings (SSSR count). The monoisotopic (exact) mass is 696 g/mol. The number of nitrogens with one attached hydrogen (secondary N) is 2. The third-order valence-electron chi connectivity index (χ3n) is 2.98. The second-order valence-corrected chi connectivity index (χ2v) is 4.50. The van der Waals surface area contributed by atoms with E-state index in [9.17, 15) is 0 Å². The molecule has 10 heteroatoms. The summed E-state index contributed by atoms with van der Waals surface area (Å²) >= 11 is 4.24. The predicted molar refractivity (Wildman–Crippen MR) is 107 cm³/mol. The van der Waals surface area contributed by atoms with Gasteiger partial charge in [-0.05, 0) is 0 Å². The molecule has 6 nitrogen and oxygen atoms in total. The van der Waals surface area contributed by atoms with Gasteiger partial charge in [0.05, 0.1) is 0 Å². The van der Waals surface area contributed by atoms with E-state index < -0.39 is 0 Å². The van der Waals surface area contributed by atoms with Gasteiger partial charge < -0.3 is 27.4 Å². The Kier molecular flexibility index (Phi) is 26.9. The molecule has 0 saturated carbocycles. The van der Waals surface area contributed by atoms with E-state index >= 15 is 0 Å². The molecule has 0 unspecified atom stereocenters. The van der Waals surface area contributed by atoms with Gasteiger partial charge in [0.2, 0.25) is 0 Å². The van der Waals surface area contributed by atoms with Crippen LogP contribution < -0.4 is 22.5 Å². The molecule has 2 aliphatic rings. The fraction of sp³-hybridized carbons (Fsp3) is 0.462. The Morgan fingerprint density at radius 2 is 1.74 bits per heavy atom. The van der Waals surface area contributed by atoms with E-state index in [1.807, 2.05) is 0 Å². The third-order valence-corrected chi connectivity index (χ3v) is 2.98. The summed E-state index contributed by atoms with van der Waals surface area (Å²) in [5, 5.41) is 10.3. The van der Waals surface area contributed by atoms with Crippen molar-refractivity contribution in [1.82, 2.24) is 10.2 Å². The summed E-state index contributed by atoms with van der Waals surface area (Å²) in [5.41, 5.74) is 18.4. The van der Waals surface area contributed by atoms with E-state index in [-0.39, 0.29) is 71.4 Å². The van der Waals surface area contributed by atoms with E-state index in [4.69, 9.17) is 22.6 Å². The molecule has 2 heterocycles. The van der Waals surface area contributed by atoms with Gasteiger partial charge in [-0.1, -0.05) is 23.3 Å². The van der Waals surface area contributed by atoms with Gasteiger partial charge in [0.25, 0.3) is 0 Å². The van der Waals surface area contributed by atoms with E-state index in [2.05, 4.69) is 54.7 Å². The second kappa shape index (κ2) is 20.6. The quantitative estimate of drug-likeness (QED) is 0.100. The zero-order chi connectivity index (χ0) is 16.1. The van der Waals surface area contributed by atoms with Crippen LogP contribution in [0.2, 0.25) is 0 Å². The molecule has 8 N–H and O–H groups in total. The zero-order valence-corrected chi connectivity index (χ0v) is 23.1. The van der Waals surface area contributed by atoms with Gasteiger partial charge in [0.15, 0.2) is 5.96 Å². The number of hydrogen-bond acceptors (Lipinski definition) is 4. The van der Waals surface area contributed by atoms with Crippen molar-refractivity contribution in [2.75, 3.05) is 26.2 Å². The van der Waals surface area contributed by atoms with E-state index in [1.54, 1.807) is 18.0 Å². The molecule has 0 aromatic heterocycles. The molecule has 0 bridgehead atoms. The van der Waals surface area contributed by atoms with Crippen LogP contribution in [-0.2, 0) is 65.4 Å². The Morgan fingerprint density at radius 3 is 2.13 bits per heavy atom. The molecule has 2 radical (unpaired) electrons. The Bertz CT molecular complexity index is 366. The van der Waals surface area contributed by atoms with Gasteiger partial charge >= 0.3 is 0 Å². The van der Waals surface area contributed by atoms with Crippen molar-refractivity contribution in [2.45, 2.75) is 12.8 Å². The van der Waals surface area contributed by atoms with Crippen molar-refractivity contribution in [3.05, 3.63) is 36.4 Å². The normalized spacial score (nSPS) is 14.9. The Hall–Kier alpha value is 2.30. The maximum Gasteiger partial charge on any atom is 0.188 e. The molecule has 23 heavy (non-hydrogen) atoms. The van der Waals surface area contributed by atoms with Crippen molar-refractivity contribution in [3.8, 4) is 0 Å². The minimum Gasteiger partial charge on any atom is -0.483 e. The molecule has 0 atom stereocenters. The maximum atomic E-state index is 7.14. The van der Waals surface area contributed by atoms with Crippen LogP contribution in [0, 0.1) is 18.5 Å². The summed E-state index contributed by atoms with van der Waals surface area (Å²) < 4.78 is 0. The van der Waals surface area contributed by atoms with Crippen LogP contribution in [0.4, 0.5) is 0 Å². The first-order valence-electron chi connectivity index (χ1n) is 6.54. The first-order chi connectivity index (χ1) is 10.2. The van der Waals surface area contributed by atoms with E-state index in [0.717, 1.165) is 39.0 Å². The maximum absolute atomic E-state index is 7.14. The summed E-state index contributed by atoms with van der Waals surface area (Å²) in [7, 11) is 0. The van der Waals surface area contributed by atoms with Crippen LogP contribution >= 0.6 is 37.2 Å². The molecule has 0 aromatic rings. The average Bonchev–Trinajstić information content (AvgIpc) is 3.14. The van der Waals surface area contributed by atoms with Crippen LogP contribution in [0.25, 0.3) is 0 Å². The molecular formula is C13H24I2N6Y2-2. The molecule has 0 fully saturated rings. The number of rotatable bonds is 4. The minimum absolute atomic E-state index is 0. The standard InChI is InChI=1S/C7H13N4.C6H11N2.I2.2Y/c8-3-1-6-2-4-11(5-6)7(9)10;7-3-1-6-2-4-8-5-6;1-2;;/h2-3H,1,4-5,8H2,(H3,9,10);2-3,8H,1,4-5,7H2;;;/q2*-1;;;. The largest absolute Gasteiger partial charge is 0.483 e. The molecule has 128 valence electrons. The van der Waals surface area contributed by atoms with Crippen molar-refractivity contribution in [2.24, 2.45) is 17.2 Å². The summed E-state index contributed by atoms with van der Waals surface area (Å²) in [4.78, 5) is 1.79. The van der Waals surface area contributed by atoms with E-state index in [0.29, 0.717) is 0 Å². The van der Waals surface area contributed by atoms with Crippen molar-refractivity contribution in [1.29, 1.82) is 5.41 Å². The number of hydrogen-bond donors (Lipinski definition) is 5. The molecule has 0 amide bonds. The van der Waals surface area contributed by atoms with Crippen LogP contribution in [0.5, 0.6) is 0 Å². The Balaban J connectivity index is -0.000000300. The first-order valence-corrected chi connectivity index (χ1v) is 12.8. The Morgan fingerprint density at radius 1 is 1.17 bits per heavy atom. The molecule has 0 aromatic carbocycles. The smallest absolute Gasteiger partial charge is 0.188 e. The number of nitrogens with two attached hydrogens (primary N) is 3. The fourth-order valence-electron chi connectivity index (χ4n) is 1.92. The average molecular weight is 696 g/mol. The van der Waals surface area contributed by atoms with Crippen LogP contribution in [0.15, 0.2) is 23.3 Å². The first kappa shape index (κ1) is 30.0. The van der Waals surface area contributed by atoms with Gasteiger partial charge in [-0.25, -0.2) is 0 Å². The predicted octanol–water partition coefficient (Wildman–Crippen LogP) is 1.43.